The Morgan fingerprint density at radius 1 is 1.20 bits per heavy atom. The fourth-order valence-corrected chi connectivity index (χ4v) is 5.32. The summed E-state index contributed by atoms with van der Waals surface area (Å²) in [7, 11) is -0.955. The average molecular weight is 440 g/mol. The lowest BCUT2D eigenvalue weighted by Crippen LogP contribution is -2.41. The minimum absolute atomic E-state index is 0.0148. The lowest BCUT2D eigenvalue weighted by molar-refractivity contribution is -0.314. The number of amides is 1. The number of carbonyl (C=O) groups is 1. The number of hydrogen-bond donors (Lipinski definition) is 1. The van der Waals surface area contributed by atoms with E-state index in [1.54, 1.807) is 0 Å². The van der Waals surface area contributed by atoms with Gasteiger partial charge in [-0.05, 0) is 63.9 Å². The Morgan fingerprint density at radius 2 is 1.97 bits per heavy atom. The van der Waals surface area contributed by atoms with Crippen molar-refractivity contribution in [3.05, 3.63) is 29.8 Å². The molecule has 1 atom stereocenters. The Bertz CT molecular complexity index is 811. The first-order chi connectivity index (χ1) is 14.5. The van der Waals surface area contributed by atoms with Crippen LogP contribution in [0.2, 0.25) is 0 Å². The van der Waals surface area contributed by atoms with E-state index in [-0.39, 0.29) is 10.5 Å². The van der Waals surface area contributed by atoms with Gasteiger partial charge in [0.25, 0.3) is 0 Å². The van der Waals surface area contributed by atoms with Gasteiger partial charge in [0, 0.05) is 17.6 Å². The molecule has 0 aromatic heterocycles. The van der Waals surface area contributed by atoms with Crippen molar-refractivity contribution < 1.29 is 22.9 Å². The molecule has 30 heavy (non-hydrogen) atoms. The zero-order chi connectivity index (χ0) is 21.6. The Kier molecular flexibility index (Phi) is 8.24. The van der Waals surface area contributed by atoms with Gasteiger partial charge in [-0.1, -0.05) is 30.6 Å². The van der Waals surface area contributed by atoms with Crippen LogP contribution in [0.5, 0.6) is 0 Å². The maximum absolute atomic E-state index is 12.7. The molecule has 1 saturated heterocycles. The summed E-state index contributed by atoms with van der Waals surface area (Å²) in [5.74, 6) is -0.541. The van der Waals surface area contributed by atoms with Gasteiger partial charge in [0.15, 0.2) is 0 Å². The van der Waals surface area contributed by atoms with E-state index in [4.69, 9.17) is 9.68 Å². The number of hydroxylamine groups is 2. The van der Waals surface area contributed by atoms with E-state index in [0.29, 0.717) is 18.7 Å². The monoisotopic (exact) mass is 439 g/mol. The Morgan fingerprint density at radius 3 is 2.67 bits per heavy atom. The fraction of sp³-hybridized carbons (Fsp3) is 0.667. The van der Waals surface area contributed by atoms with Gasteiger partial charge in [0.1, 0.15) is 0 Å². The number of nitrogens with zero attached hydrogens (tertiary/aromatic N) is 2. The molecular weight excluding hydrogens is 406 g/mol. The summed E-state index contributed by atoms with van der Waals surface area (Å²) in [6.07, 6.45) is 9.75. The van der Waals surface area contributed by atoms with Crippen molar-refractivity contribution >= 4 is 15.9 Å². The lowest BCUT2D eigenvalue weighted by atomic mass is 9.93. The van der Waals surface area contributed by atoms with Crippen LogP contribution in [0, 0.1) is 0 Å². The molecule has 1 aromatic carbocycles. The summed E-state index contributed by atoms with van der Waals surface area (Å²) < 4.78 is 26.2. The summed E-state index contributed by atoms with van der Waals surface area (Å²) in [4.78, 5) is 26.1. The SMILES string of the molecule is CNS(=O)(=O)c1cccc(C(=O)N(OC)OCCC2CCCN2C2CCCCC2)c1. The zero-order valence-corrected chi connectivity index (χ0v) is 18.7. The third kappa shape index (κ3) is 5.59. The van der Waals surface area contributed by atoms with E-state index in [0.717, 1.165) is 24.6 Å². The third-order valence-electron chi connectivity index (χ3n) is 6.12. The van der Waals surface area contributed by atoms with Crippen molar-refractivity contribution in [2.75, 3.05) is 27.3 Å². The van der Waals surface area contributed by atoms with Crippen LogP contribution in [-0.4, -0.2) is 63.8 Å². The molecule has 1 unspecified atom stereocenters. The number of likely N-dealkylation sites (tertiary alicyclic amines) is 1. The second-order valence-electron chi connectivity index (χ2n) is 7.93. The molecule has 1 amide bonds. The van der Waals surface area contributed by atoms with Crippen molar-refractivity contribution in [1.29, 1.82) is 0 Å². The van der Waals surface area contributed by atoms with Crippen molar-refractivity contribution in [1.82, 2.24) is 14.8 Å². The van der Waals surface area contributed by atoms with Gasteiger partial charge < -0.3 is 0 Å². The second-order valence-corrected chi connectivity index (χ2v) is 9.81. The molecule has 0 spiro atoms. The highest BCUT2D eigenvalue weighted by Crippen LogP contribution is 2.30. The highest BCUT2D eigenvalue weighted by atomic mass is 32.2. The van der Waals surface area contributed by atoms with Crippen LogP contribution in [0.1, 0.15) is 61.7 Å². The molecule has 1 heterocycles. The summed E-state index contributed by atoms with van der Waals surface area (Å²) >= 11 is 0. The van der Waals surface area contributed by atoms with Gasteiger partial charge in [-0.15, -0.1) is 0 Å². The van der Waals surface area contributed by atoms with Gasteiger partial charge in [-0.25, -0.2) is 22.8 Å². The summed E-state index contributed by atoms with van der Waals surface area (Å²) in [5.41, 5.74) is 0.179. The molecule has 168 valence electrons. The molecule has 8 nitrogen and oxygen atoms in total. The van der Waals surface area contributed by atoms with Gasteiger partial charge in [0.05, 0.1) is 18.6 Å². The Labute approximate surface area is 179 Å². The fourth-order valence-electron chi connectivity index (χ4n) is 4.55. The van der Waals surface area contributed by atoms with Gasteiger partial charge in [-0.3, -0.25) is 9.69 Å². The van der Waals surface area contributed by atoms with E-state index in [2.05, 4.69) is 9.62 Å². The van der Waals surface area contributed by atoms with Crippen molar-refractivity contribution in [2.24, 2.45) is 0 Å². The minimum atomic E-state index is -3.64. The summed E-state index contributed by atoms with van der Waals surface area (Å²) in [6, 6.07) is 6.96. The third-order valence-corrected chi connectivity index (χ3v) is 7.53. The molecule has 1 aromatic rings. The van der Waals surface area contributed by atoms with E-state index < -0.39 is 15.9 Å². The van der Waals surface area contributed by atoms with Crippen LogP contribution in [0.3, 0.4) is 0 Å². The minimum Gasteiger partial charge on any atom is -0.297 e. The van der Waals surface area contributed by atoms with Gasteiger partial charge in [0.2, 0.25) is 10.0 Å². The Hall–Kier alpha value is -1.52. The van der Waals surface area contributed by atoms with E-state index >= 15 is 0 Å². The quantitative estimate of drug-likeness (QED) is 0.595. The largest absolute Gasteiger partial charge is 0.303 e. The van der Waals surface area contributed by atoms with Crippen molar-refractivity contribution in [2.45, 2.75) is 68.3 Å². The molecule has 2 aliphatic rings. The van der Waals surface area contributed by atoms with Crippen LogP contribution in [-0.2, 0) is 19.7 Å². The topological polar surface area (TPSA) is 88.2 Å². The first-order valence-corrected chi connectivity index (χ1v) is 12.3. The van der Waals surface area contributed by atoms with E-state index in [1.807, 2.05) is 0 Å². The number of hydrogen-bond acceptors (Lipinski definition) is 6. The average Bonchev–Trinajstić information content (AvgIpc) is 3.25. The second kappa shape index (κ2) is 10.7. The number of sulfonamides is 1. The summed E-state index contributed by atoms with van der Waals surface area (Å²) in [6.45, 7) is 1.51. The van der Waals surface area contributed by atoms with E-state index in [9.17, 15) is 13.2 Å². The molecule has 9 heteroatoms. The molecule has 1 saturated carbocycles. The molecule has 2 fully saturated rings. The first kappa shape index (κ1) is 23.1. The van der Waals surface area contributed by atoms with Crippen LogP contribution >= 0.6 is 0 Å². The molecule has 0 radical (unpaired) electrons. The number of benzene rings is 1. The molecule has 1 N–H and O–H groups in total. The normalized spacial score (nSPS) is 21.1. The molecule has 0 bridgehead atoms. The highest BCUT2D eigenvalue weighted by molar-refractivity contribution is 7.89. The molecule has 1 aliphatic carbocycles. The molecular formula is C21H33N3O5S. The van der Waals surface area contributed by atoms with E-state index in [1.165, 1.54) is 76.9 Å². The smallest absolute Gasteiger partial charge is 0.297 e. The van der Waals surface area contributed by atoms with Crippen LogP contribution in [0.25, 0.3) is 0 Å². The maximum atomic E-state index is 12.7. The molecule has 1 aliphatic heterocycles. The lowest BCUT2D eigenvalue weighted by Gasteiger charge is -2.35. The van der Waals surface area contributed by atoms with Crippen molar-refractivity contribution in [3.8, 4) is 0 Å². The Balaban J connectivity index is 1.56. The maximum Gasteiger partial charge on any atom is 0.303 e. The first-order valence-electron chi connectivity index (χ1n) is 10.8. The zero-order valence-electron chi connectivity index (χ0n) is 17.9. The van der Waals surface area contributed by atoms with Crippen molar-refractivity contribution in [3.63, 3.8) is 0 Å². The standard InChI is InChI=1S/C21H33N3O5S/c1-22-30(26,27)20-12-6-8-17(16-20)21(25)24(28-2)29-15-13-19-11-7-14-23(19)18-9-4-3-5-10-18/h6,8,12,16,18-19,22H,3-5,7,9-11,13-15H2,1-2H3. The van der Waals surface area contributed by atoms with Crippen LogP contribution < -0.4 is 4.72 Å². The number of carbonyl (C=O) groups excluding carboxylic acids is 1. The summed E-state index contributed by atoms with van der Waals surface area (Å²) in [5, 5.41) is 0.838. The van der Waals surface area contributed by atoms with Gasteiger partial charge in [-0.2, -0.15) is 0 Å². The number of nitrogens with one attached hydrogen (secondary N) is 1. The highest BCUT2D eigenvalue weighted by Gasteiger charge is 2.31. The predicted octanol–water partition coefficient (Wildman–Crippen LogP) is 2.72. The van der Waals surface area contributed by atoms with Crippen LogP contribution in [0.15, 0.2) is 29.2 Å². The molecule has 3 rings (SSSR count). The van der Waals surface area contributed by atoms with Gasteiger partial charge >= 0.3 is 5.91 Å². The number of rotatable bonds is 9. The predicted molar refractivity (Wildman–Crippen MR) is 113 cm³/mol. The van der Waals surface area contributed by atoms with Crippen LogP contribution in [0.4, 0.5) is 0 Å².